The van der Waals surface area contributed by atoms with Crippen molar-refractivity contribution in [2.24, 2.45) is 5.92 Å². The third kappa shape index (κ3) is 5.09. The first-order valence-electron chi connectivity index (χ1n) is 6.92. The molecule has 0 aromatic carbocycles. The normalized spacial score (nSPS) is 15.8. The molecule has 2 N–H and O–H groups in total. The second-order valence-corrected chi connectivity index (χ2v) is 4.85. The molecule has 0 unspecified atom stereocenters. The van der Waals surface area contributed by atoms with Crippen molar-refractivity contribution >= 4 is 17.8 Å². The Bertz CT molecular complexity index is 501. The van der Waals surface area contributed by atoms with Gasteiger partial charge in [-0.15, -0.1) is 0 Å². The zero-order valence-corrected chi connectivity index (χ0v) is 12.4. The predicted octanol–water partition coefficient (Wildman–Crippen LogP) is -0.130. The molecule has 1 aliphatic rings. The summed E-state index contributed by atoms with van der Waals surface area (Å²) < 4.78 is 4.47. The van der Waals surface area contributed by atoms with E-state index in [9.17, 15) is 14.4 Å². The highest BCUT2D eigenvalue weighted by Gasteiger charge is 2.28. The van der Waals surface area contributed by atoms with Gasteiger partial charge in [0.25, 0.3) is 5.91 Å². The van der Waals surface area contributed by atoms with Crippen LogP contribution in [0, 0.1) is 17.2 Å². The van der Waals surface area contributed by atoms with E-state index in [0.29, 0.717) is 25.9 Å². The second kappa shape index (κ2) is 8.67. The Hall–Kier alpha value is -2.56. The van der Waals surface area contributed by atoms with Crippen LogP contribution in [0.1, 0.15) is 19.3 Å². The molecule has 1 saturated heterocycles. The zero-order valence-electron chi connectivity index (χ0n) is 12.4. The minimum absolute atomic E-state index is 0.0707. The third-order valence-electron chi connectivity index (χ3n) is 3.43. The third-order valence-corrected chi connectivity index (χ3v) is 3.43. The van der Waals surface area contributed by atoms with Crippen molar-refractivity contribution in [1.82, 2.24) is 10.2 Å². The van der Waals surface area contributed by atoms with E-state index < -0.39 is 17.8 Å². The van der Waals surface area contributed by atoms with Gasteiger partial charge in [0.05, 0.1) is 19.4 Å². The smallest absolute Gasteiger partial charge is 0.307 e. The first-order valence-corrected chi connectivity index (χ1v) is 6.92. The van der Waals surface area contributed by atoms with Crippen molar-refractivity contribution in [2.45, 2.75) is 19.3 Å². The molecule has 22 heavy (non-hydrogen) atoms. The Morgan fingerprint density at radius 1 is 1.41 bits per heavy atom. The maximum Gasteiger partial charge on any atom is 0.307 e. The number of amides is 1. The summed E-state index contributed by atoms with van der Waals surface area (Å²) in [5, 5.41) is 20.7. The molecule has 1 fully saturated rings. The maximum absolute atomic E-state index is 12.1. The Labute approximate surface area is 128 Å². The largest absolute Gasteiger partial charge is 0.481 e. The summed E-state index contributed by atoms with van der Waals surface area (Å²) in [6.07, 6.45) is 2.17. The van der Waals surface area contributed by atoms with E-state index >= 15 is 0 Å². The average molecular weight is 309 g/mol. The van der Waals surface area contributed by atoms with Crippen molar-refractivity contribution in [2.75, 3.05) is 26.7 Å². The lowest BCUT2D eigenvalue weighted by Crippen LogP contribution is -2.41. The standard InChI is InChI=1S/C14H19N3O5/c1-22-12(18)2-5-16-9-11(8-15)13(19)17-6-3-10(4-7-17)14(20)21/h9-10,16H,2-7H2,1H3,(H,20,21)/b11-9-. The molecule has 8 nitrogen and oxygen atoms in total. The van der Waals surface area contributed by atoms with Gasteiger partial charge in [-0.3, -0.25) is 14.4 Å². The number of hydrogen-bond acceptors (Lipinski definition) is 6. The zero-order chi connectivity index (χ0) is 16.5. The number of aliphatic carboxylic acids is 1. The summed E-state index contributed by atoms with van der Waals surface area (Å²) in [5.74, 6) is -2.11. The van der Waals surface area contributed by atoms with Gasteiger partial charge in [0.1, 0.15) is 11.6 Å². The number of rotatable bonds is 6. The Balaban J connectivity index is 2.49. The number of hydrogen-bond donors (Lipinski definition) is 2. The molecular weight excluding hydrogens is 290 g/mol. The van der Waals surface area contributed by atoms with E-state index in [4.69, 9.17) is 10.4 Å². The molecule has 1 aliphatic heterocycles. The average Bonchev–Trinajstić information content (AvgIpc) is 2.54. The molecule has 1 rings (SSSR count). The van der Waals surface area contributed by atoms with Gasteiger partial charge < -0.3 is 20.1 Å². The fraction of sp³-hybridized carbons (Fsp3) is 0.571. The first kappa shape index (κ1) is 17.5. The number of carboxylic acids is 1. The second-order valence-electron chi connectivity index (χ2n) is 4.85. The Morgan fingerprint density at radius 3 is 2.55 bits per heavy atom. The number of ether oxygens (including phenoxy) is 1. The summed E-state index contributed by atoms with van der Waals surface area (Å²) in [6.45, 7) is 0.889. The van der Waals surface area contributed by atoms with Crippen LogP contribution in [0.4, 0.5) is 0 Å². The first-order chi connectivity index (χ1) is 10.5. The summed E-state index contributed by atoms with van der Waals surface area (Å²) in [4.78, 5) is 35.4. The number of nitrogens with zero attached hydrogens (tertiary/aromatic N) is 2. The molecule has 0 radical (unpaired) electrons. The van der Waals surface area contributed by atoms with Gasteiger partial charge in [-0.05, 0) is 12.8 Å². The number of nitrogens with one attached hydrogen (secondary N) is 1. The van der Waals surface area contributed by atoms with E-state index in [1.807, 2.05) is 6.07 Å². The molecule has 0 bridgehead atoms. The van der Waals surface area contributed by atoms with Crippen LogP contribution in [0.2, 0.25) is 0 Å². The molecule has 120 valence electrons. The van der Waals surface area contributed by atoms with Crippen LogP contribution >= 0.6 is 0 Å². The predicted molar refractivity (Wildman–Crippen MR) is 75.3 cm³/mol. The van der Waals surface area contributed by atoms with Gasteiger partial charge in [0.2, 0.25) is 0 Å². The number of piperidine rings is 1. The van der Waals surface area contributed by atoms with Crippen molar-refractivity contribution < 1.29 is 24.2 Å². The van der Waals surface area contributed by atoms with Gasteiger partial charge in [-0.1, -0.05) is 0 Å². The molecule has 1 amide bonds. The van der Waals surface area contributed by atoms with E-state index in [1.165, 1.54) is 18.2 Å². The Morgan fingerprint density at radius 2 is 2.05 bits per heavy atom. The highest BCUT2D eigenvalue weighted by atomic mass is 16.5. The quantitative estimate of drug-likeness (QED) is 0.303. The van der Waals surface area contributed by atoms with Crippen LogP contribution in [-0.2, 0) is 19.1 Å². The molecular formula is C14H19N3O5. The van der Waals surface area contributed by atoms with Crippen molar-refractivity contribution in [1.29, 1.82) is 5.26 Å². The molecule has 0 aromatic heterocycles. The molecule has 0 aliphatic carbocycles. The summed E-state index contributed by atoms with van der Waals surface area (Å²) >= 11 is 0. The number of nitriles is 1. The number of esters is 1. The summed E-state index contributed by atoms with van der Waals surface area (Å²) in [7, 11) is 1.28. The molecule has 0 saturated carbocycles. The van der Waals surface area contributed by atoms with Crippen molar-refractivity contribution in [3.8, 4) is 6.07 Å². The summed E-state index contributed by atoms with van der Waals surface area (Å²) in [5.41, 5.74) is -0.0707. The maximum atomic E-state index is 12.1. The highest BCUT2D eigenvalue weighted by molar-refractivity contribution is 5.97. The van der Waals surface area contributed by atoms with Gasteiger partial charge in [0, 0.05) is 25.8 Å². The van der Waals surface area contributed by atoms with Crippen molar-refractivity contribution in [3.63, 3.8) is 0 Å². The minimum atomic E-state index is -0.854. The van der Waals surface area contributed by atoms with E-state index in [2.05, 4.69) is 10.1 Å². The lowest BCUT2D eigenvalue weighted by molar-refractivity contribution is -0.145. The minimum Gasteiger partial charge on any atom is -0.481 e. The van der Waals surface area contributed by atoms with Crippen LogP contribution < -0.4 is 5.32 Å². The van der Waals surface area contributed by atoms with Crippen molar-refractivity contribution in [3.05, 3.63) is 11.8 Å². The van der Waals surface area contributed by atoms with Crippen LogP contribution in [-0.4, -0.2) is 54.6 Å². The molecule has 0 aromatic rings. The van der Waals surface area contributed by atoms with E-state index in [0.717, 1.165) is 0 Å². The van der Waals surface area contributed by atoms with E-state index in [1.54, 1.807) is 0 Å². The summed E-state index contributed by atoms with van der Waals surface area (Å²) in [6, 6.07) is 1.81. The SMILES string of the molecule is COC(=O)CCN/C=C(/C#N)C(=O)N1CCC(C(=O)O)CC1. The van der Waals surface area contributed by atoms with Crippen LogP contribution in [0.25, 0.3) is 0 Å². The van der Waals surface area contributed by atoms with E-state index in [-0.39, 0.29) is 24.5 Å². The molecule has 0 spiro atoms. The molecule has 8 heteroatoms. The fourth-order valence-corrected chi connectivity index (χ4v) is 2.09. The van der Waals surface area contributed by atoms with Gasteiger partial charge in [-0.25, -0.2) is 0 Å². The fourth-order valence-electron chi connectivity index (χ4n) is 2.09. The number of carbonyl (C=O) groups excluding carboxylic acids is 2. The highest BCUT2D eigenvalue weighted by Crippen LogP contribution is 2.18. The topological polar surface area (TPSA) is 120 Å². The Kier molecular flexibility index (Phi) is 6.89. The van der Waals surface area contributed by atoms with Gasteiger partial charge >= 0.3 is 11.9 Å². The number of carboxylic acid groups (broad SMARTS) is 1. The van der Waals surface area contributed by atoms with Gasteiger partial charge in [-0.2, -0.15) is 5.26 Å². The number of methoxy groups -OCH3 is 1. The number of likely N-dealkylation sites (tertiary alicyclic amines) is 1. The van der Waals surface area contributed by atoms with Crippen LogP contribution in [0.15, 0.2) is 11.8 Å². The lowest BCUT2D eigenvalue weighted by atomic mass is 9.97. The number of carbonyl (C=O) groups is 3. The van der Waals surface area contributed by atoms with Gasteiger partial charge in [0.15, 0.2) is 0 Å². The van der Waals surface area contributed by atoms with Crippen LogP contribution in [0.3, 0.4) is 0 Å². The molecule has 1 heterocycles. The monoisotopic (exact) mass is 309 g/mol. The molecule has 0 atom stereocenters. The van der Waals surface area contributed by atoms with Crippen LogP contribution in [0.5, 0.6) is 0 Å². The lowest BCUT2D eigenvalue weighted by Gasteiger charge is -2.29.